The van der Waals surface area contributed by atoms with Gasteiger partial charge < -0.3 is 19.7 Å². The number of carbonyl (C=O) groups excluding carboxylic acids is 2. The number of esters is 1. The number of amides is 1. The maximum atomic E-state index is 12.5. The molecule has 1 atom stereocenters. The van der Waals surface area contributed by atoms with Crippen molar-refractivity contribution in [1.82, 2.24) is 5.32 Å². The zero-order chi connectivity index (χ0) is 22.5. The summed E-state index contributed by atoms with van der Waals surface area (Å²) in [5.41, 5.74) is 1.53. The number of hydrogen-bond acceptors (Lipinski definition) is 7. The second-order valence-corrected chi connectivity index (χ2v) is 7.91. The molecule has 1 fully saturated rings. The lowest BCUT2D eigenvalue weighted by Crippen LogP contribution is -2.39. The molecule has 0 radical (unpaired) electrons. The Bertz CT molecular complexity index is 1000. The van der Waals surface area contributed by atoms with Crippen LogP contribution in [0.25, 0.3) is 0 Å². The molecular weight excluding hydrogens is 414 g/mol. The van der Waals surface area contributed by atoms with Crippen molar-refractivity contribution >= 4 is 23.3 Å². The molecule has 0 spiro atoms. The molecule has 4 rings (SSSR count). The number of carbonyl (C=O) groups is 2. The van der Waals surface area contributed by atoms with Crippen molar-refractivity contribution in [2.45, 2.75) is 25.3 Å². The van der Waals surface area contributed by atoms with Gasteiger partial charge >= 0.3 is 5.97 Å². The van der Waals surface area contributed by atoms with Gasteiger partial charge in [0.1, 0.15) is 11.4 Å². The van der Waals surface area contributed by atoms with Crippen LogP contribution in [0.3, 0.4) is 0 Å². The Morgan fingerprint density at radius 2 is 1.81 bits per heavy atom. The lowest BCUT2D eigenvalue weighted by molar-refractivity contribution is -0.384. The van der Waals surface area contributed by atoms with E-state index in [-0.39, 0.29) is 30.2 Å². The highest BCUT2D eigenvalue weighted by Gasteiger charge is 2.30. The van der Waals surface area contributed by atoms with E-state index in [1.807, 2.05) is 29.2 Å². The largest absolute Gasteiger partial charge is 0.493 e. The third kappa shape index (κ3) is 4.82. The van der Waals surface area contributed by atoms with Crippen molar-refractivity contribution < 1.29 is 24.0 Å². The summed E-state index contributed by atoms with van der Waals surface area (Å²) in [6, 6.07) is 14.0. The molecule has 9 nitrogen and oxygen atoms in total. The second kappa shape index (κ2) is 9.67. The molecular formula is C23H25N3O6. The Balaban J connectivity index is 1.25. The third-order valence-electron chi connectivity index (χ3n) is 5.89. The van der Waals surface area contributed by atoms with Crippen molar-refractivity contribution in [1.29, 1.82) is 0 Å². The summed E-state index contributed by atoms with van der Waals surface area (Å²) in [6.07, 6.45) is 1.68. The summed E-state index contributed by atoms with van der Waals surface area (Å²) in [7, 11) is 0. The summed E-state index contributed by atoms with van der Waals surface area (Å²) in [5.74, 6) is -0.329. The van der Waals surface area contributed by atoms with Crippen LogP contribution in [-0.4, -0.2) is 43.1 Å². The molecule has 1 saturated heterocycles. The first kappa shape index (κ1) is 21.6. The highest BCUT2D eigenvalue weighted by atomic mass is 16.6. The Labute approximate surface area is 185 Å². The summed E-state index contributed by atoms with van der Waals surface area (Å²) in [4.78, 5) is 37.6. The van der Waals surface area contributed by atoms with E-state index in [2.05, 4.69) is 5.32 Å². The monoisotopic (exact) mass is 439 g/mol. The van der Waals surface area contributed by atoms with Crippen molar-refractivity contribution in [3.8, 4) is 5.75 Å². The molecule has 2 aromatic rings. The van der Waals surface area contributed by atoms with E-state index < -0.39 is 10.9 Å². The standard InChI is InChI=1S/C23H25N3O6/c27-22(24-18-11-14-31-21-8-4-1-5-17(18)21)15-32-23(28)16-9-12-25(13-10-16)19-6-2-3-7-20(19)26(29)30/h1-8,16,18H,9-15H2,(H,24,27). The fourth-order valence-corrected chi connectivity index (χ4v) is 4.22. The highest BCUT2D eigenvalue weighted by molar-refractivity contribution is 5.81. The quantitative estimate of drug-likeness (QED) is 0.418. The lowest BCUT2D eigenvalue weighted by atomic mass is 9.96. The van der Waals surface area contributed by atoms with Gasteiger partial charge in [0, 0.05) is 31.1 Å². The van der Waals surface area contributed by atoms with Crippen LogP contribution in [0, 0.1) is 16.0 Å². The van der Waals surface area contributed by atoms with E-state index >= 15 is 0 Å². The third-order valence-corrected chi connectivity index (χ3v) is 5.89. The van der Waals surface area contributed by atoms with Crippen LogP contribution in [0.15, 0.2) is 48.5 Å². The second-order valence-electron chi connectivity index (χ2n) is 7.91. The number of fused-ring (bicyclic) bond motifs is 1. The van der Waals surface area contributed by atoms with Gasteiger partial charge in [0.05, 0.1) is 23.5 Å². The van der Waals surface area contributed by atoms with Crippen molar-refractivity contribution in [3.63, 3.8) is 0 Å². The number of benzene rings is 2. The number of nitro benzene ring substituents is 1. The van der Waals surface area contributed by atoms with Gasteiger partial charge in [-0.15, -0.1) is 0 Å². The van der Waals surface area contributed by atoms with Gasteiger partial charge in [-0.25, -0.2) is 0 Å². The molecule has 9 heteroatoms. The Morgan fingerprint density at radius 1 is 1.09 bits per heavy atom. The minimum Gasteiger partial charge on any atom is -0.493 e. The van der Waals surface area contributed by atoms with E-state index in [0.717, 1.165) is 11.3 Å². The van der Waals surface area contributed by atoms with Gasteiger partial charge in [0.2, 0.25) is 0 Å². The van der Waals surface area contributed by atoms with Gasteiger partial charge in [-0.05, 0) is 25.0 Å². The summed E-state index contributed by atoms with van der Waals surface area (Å²) in [6.45, 7) is 1.20. The summed E-state index contributed by atoms with van der Waals surface area (Å²) in [5, 5.41) is 14.2. The van der Waals surface area contributed by atoms with Crippen molar-refractivity contribution in [3.05, 3.63) is 64.2 Å². The minimum atomic E-state index is -0.408. The first-order valence-corrected chi connectivity index (χ1v) is 10.7. The van der Waals surface area contributed by atoms with E-state index in [1.54, 1.807) is 18.2 Å². The van der Waals surface area contributed by atoms with E-state index in [4.69, 9.17) is 9.47 Å². The van der Waals surface area contributed by atoms with Gasteiger partial charge in [0.15, 0.2) is 6.61 Å². The van der Waals surface area contributed by atoms with Gasteiger partial charge in [-0.1, -0.05) is 30.3 Å². The summed E-state index contributed by atoms with van der Waals surface area (Å²) < 4.78 is 10.9. The van der Waals surface area contributed by atoms with Crippen LogP contribution in [0.4, 0.5) is 11.4 Å². The molecule has 1 unspecified atom stereocenters. The summed E-state index contributed by atoms with van der Waals surface area (Å²) >= 11 is 0. The van der Waals surface area contributed by atoms with E-state index in [0.29, 0.717) is 44.6 Å². The number of anilines is 1. The number of nitro groups is 1. The number of hydrogen-bond donors (Lipinski definition) is 1. The van der Waals surface area contributed by atoms with Crippen LogP contribution < -0.4 is 15.0 Å². The Morgan fingerprint density at radius 3 is 2.59 bits per heavy atom. The number of para-hydroxylation sites is 3. The van der Waals surface area contributed by atoms with Crippen LogP contribution in [0.5, 0.6) is 5.75 Å². The van der Waals surface area contributed by atoms with Crippen molar-refractivity contribution in [2.75, 3.05) is 31.2 Å². The van der Waals surface area contributed by atoms with Crippen LogP contribution in [-0.2, 0) is 14.3 Å². The smallest absolute Gasteiger partial charge is 0.309 e. The molecule has 0 saturated carbocycles. The van der Waals surface area contributed by atoms with Crippen LogP contribution >= 0.6 is 0 Å². The Kier molecular flexibility index (Phi) is 6.53. The topological polar surface area (TPSA) is 111 Å². The molecule has 2 aromatic carbocycles. The zero-order valence-electron chi connectivity index (χ0n) is 17.6. The minimum absolute atomic E-state index is 0.0554. The Hall–Kier alpha value is -3.62. The normalized spacial score (nSPS) is 18.2. The maximum Gasteiger partial charge on any atom is 0.309 e. The SMILES string of the molecule is O=C(COC(=O)C1CCN(c2ccccc2[N+](=O)[O-])CC1)NC1CCOc2ccccc21. The van der Waals surface area contributed by atoms with Gasteiger partial charge in [-0.2, -0.15) is 0 Å². The van der Waals surface area contributed by atoms with Crippen LogP contribution in [0.2, 0.25) is 0 Å². The fraction of sp³-hybridized carbons (Fsp3) is 0.391. The lowest BCUT2D eigenvalue weighted by Gasteiger charge is -2.32. The van der Waals surface area contributed by atoms with Crippen LogP contribution in [0.1, 0.15) is 30.9 Å². The highest BCUT2D eigenvalue weighted by Crippen LogP contribution is 2.32. The fourth-order valence-electron chi connectivity index (χ4n) is 4.22. The zero-order valence-corrected chi connectivity index (χ0v) is 17.6. The molecule has 2 aliphatic rings. The average Bonchev–Trinajstić information content (AvgIpc) is 2.83. The number of rotatable bonds is 6. The molecule has 0 aromatic heterocycles. The molecule has 2 heterocycles. The first-order chi connectivity index (χ1) is 15.5. The predicted octanol–water partition coefficient (Wildman–Crippen LogP) is 2.99. The molecule has 168 valence electrons. The average molecular weight is 439 g/mol. The van der Waals surface area contributed by atoms with Crippen molar-refractivity contribution in [2.24, 2.45) is 5.92 Å². The number of nitrogens with one attached hydrogen (secondary N) is 1. The number of piperidine rings is 1. The maximum absolute atomic E-state index is 12.5. The van der Waals surface area contributed by atoms with E-state index in [1.165, 1.54) is 6.07 Å². The molecule has 32 heavy (non-hydrogen) atoms. The van der Waals surface area contributed by atoms with E-state index in [9.17, 15) is 19.7 Å². The predicted molar refractivity (Wildman–Crippen MR) is 116 cm³/mol. The number of ether oxygens (including phenoxy) is 2. The number of nitrogens with zero attached hydrogens (tertiary/aromatic N) is 2. The molecule has 0 aliphatic carbocycles. The van der Waals surface area contributed by atoms with Gasteiger partial charge in [0.25, 0.3) is 11.6 Å². The molecule has 0 bridgehead atoms. The molecule has 1 N–H and O–H groups in total. The molecule has 2 aliphatic heterocycles. The van der Waals surface area contributed by atoms with Gasteiger partial charge in [-0.3, -0.25) is 19.7 Å². The molecule has 1 amide bonds. The first-order valence-electron chi connectivity index (χ1n) is 10.7.